The fourth-order valence-corrected chi connectivity index (χ4v) is 1.78. The monoisotopic (exact) mass is 286 g/mol. The molecule has 4 heteroatoms. The van der Waals surface area contributed by atoms with E-state index in [1.807, 2.05) is 36.4 Å². The van der Waals surface area contributed by atoms with Crippen LogP contribution in [0.1, 0.15) is 26.7 Å². The van der Waals surface area contributed by atoms with E-state index in [2.05, 4.69) is 24.1 Å². The van der Waals surface area contributed by atoms with Crippen molar-refractivity contribution in [2.45, 2.75) is 26.7 Å². The minimum Gasteiger partial charge on any atom is -0.494 e. The van der Waals surface area contributed by atoms with Crippen LogP contribution in [0.2, 0.25) is 0 Å². The highest BCUT2D eigenvalue weighted by molar-refractivity contribution is 5.43. The molecule has 21 heavy (non-hydrogen) atoms. The maximum absolute atomic E-state index is 5.82. The smallest absolute Gasteiger partial charge is 0.132 e. The number of aromatic nitrogens is 1. The van der Waals surface area contributed by atoms with Crippen molar-refractivity contribution in [3.05, 3.63) is 42.6 Å². The zero-order valence-corrected chi connectivity index (χ0v) is 12.6. The molecule has 0 amide bonds. The van der Waals surface area contributed by atoms with E-state index in [1.165, 1.54) is 0 Å². The highest BCUT2D eigenvalue weighted by atomic mass is 16.5. The van der Waals surface area contributed by atoms with Crippen molar-refractivity contribution in [1.29, 1.82) is 0 Å². The Morgan fingerprint density at radius 3 is 2.43 bits per heavy atom. The summed E-state index contributed by atoms with van der Waals surface area (Å²) in [6.07, 6.45) is 3.81. The van der Waals surface area contributed by atoms with Crippen LogP contribution in [-0.2, 0) is 0 Å². The predicted molar refractivity (Wildman–Crippen MR) is 85.3 cm³/mol. The highest BCUT2D eigenvalue weighted by Crippen LogP contribution is 2.25. The van der Waals surface area contributed by atoms with E-state index in [4.69, 9.17) is 9.47 Å². The molecular weight excluding hydrogens is 264 g/mol. The fourth-order valence-electron chi connectivity index (χ4n) is 1.78. The lowest BCUT2D eigenvalue weighted by Gasteiger charge is -2.09. The summed E-state index contributed by atoms with van der Waals surface area (Å²) in [7, 11) is 0. The average molecular weight is 286 g/mol. The molecule has 0 aliphatic heterocycles. The van der Waals surface area contributed by atoms with Crippen molar-refractivity contribution in [2.75, 3.05) is 18.5 Å². The van der Waals surface area contributed by atoms with Crippen molar-refractivity contribution in [3.8, 4) is 17.2 Å². The quantitative estimate of drug-likeness (QED) is 0.776. The molecule has 0 radical (unpaired) electrons. The molecule has 2 aromatic rings. The Hall–Kier alpha value is -2.23. The Bertz CT molecular complexity index is 541. The van der Waals surface area contributed by atoms with Gasteiger partial charge in [-0.1, -0.05) is 13.8 Å². The van der Waals surface area contributed by atoms with Gasteiger partial charge in [-0.25, -0.2) is 4.98 Å². The normalized spacial score (nSPS) is 10.2. The van der Waals surface area contributed by atoms with Crippen molar-refractivity contribution >= 4 is 5.82 Å². The molecule has 112 valence electrons. The number of rotatable bonds is 8. The largest absolute Gasteiger partial charge is 0.494 e. The van der Waals surface area contributed by atoms with E-state index in [1.54, 1.807) is 6.20 Å². The SMILES string of the molecule is CCCNc1cc(Oc2ccc(OCCC)cc2)ccn1. The number of benzene rings is 1. The molecule has 4 nitrogen and oxygen atoms in total. The van der Waals surface area contributed by atoms with E-state index < -0.39 is 0 Å². The van der Waals surface area contributed by atoms with E-state index in [9.17, 15) is 0 Å². The Kier molecular flexibility index (Phi) is 5.88. The Morgan fingerprint density at radius 1 is 0.952 bits per heavy atom. The van der Waals surface area contributed by atoms with Gasteiger partial charge in [-0.15, -0.1) is 0 Å². The Balaban J connectivity index is 1.97. The molecule has 0 aliphatic carbocycles. The summed E-state index contributed by atoms with van der Waals surface area (Å²) in [5.74, 6) is 3.25. The van der Waals surface area contributed by atoms with Gasteiger partial charge in [0.1, 0.15) is 23.1 Å². The van der Waals surface area contributed by atoms with Gasteiger partial charge in [-0.05, 0) is 43.2 Å². The van der Waals surface area contributed by atoms with E-state index >= 15 is 0 Å². The molecule has 1 heterocycles. The number of anilines is 1. The first-order chi connectivity index (χ1) is 10.3. The Labute approximate surface area is 126 Å². The van der Waals surface area contributed by atoms with Crippen molar-refractivity contribution < 1.29 is 9.47 Å². The van der Waals surface area contributed by atoms with Gasteiger partial charge < -0.3 is 14.8 Å². The number of nitrogens with zero attached hydrogens (tertiary/aromatic N) is 1. The molecule has 1 aromatic heterocycles. The van der Waals surface area contributed by atoms with Crippen LogP contribution in [0.25, 0.3) is 0 Å². The van der Waals surface area contributed by atoms with Crippen LogP contribution in [0.3, 0.4) is 0 Å². The first-order valence-electron chi connectivity index (χ1n) is 7.42. The molecule has 0 bridgehead atoms. The molecule has 0 aliphatic rings. The van der Waals surface area contributed by atoms with Gasteiger partial charge in [0.2, 0.25) is 0 Å². The summed E-state index contributed by atoms with van der Waals surface area (Å²) in [5, 5.41) is 3.24. The third-order valence-corrected chi connectivity index (χ3v) is 2.82. The first kappa shape index (κ1) is 15.2. The molecule has 1 aromatic carbocycles. The lowest BCUT2D eigenvalue weighted by atomic mass is 10.3. The fraction of sp³-hybridized carbons (Fsp3) is 0.353. The molecule has 1 N–H and O–H groups in total. The van der Waals surface area contributed by atoms with Crippen LogP contribution in [-0.4, -0.2) is 18.1 Å². The lowest BCUT2D eigenvalue weighted by molar-refractivity contribution is 0.317. The van der Waals surface area contributed by atoms with Gasteiger partial charge in [0.25, 0.3) is 0 Å². The highest BCUT2D eigenvalue weighted by Gasteiger charge is 2.01. The number of pyridine rings is 1. The molecule has 0 unspecified atom stereocenters. The van der Waals surface area contributed by atoms with Gasteiger partial charge in [0, 0.05) is 18.8 Å². The zero-order chi connectivity index (χ0) is 14.9. The van der Waals surface area contributed by atoms with Gasteiger partial charge in [0.05, 0.1) is 6.61 Å². The molecule has 0 saturated carbocycles. The summed E-state index contributed by atoms with van der Waals surface area (Å²) in [4.78, 5) is 4.26. The number of ether oxygens (including phenoxy) is 2. The summed E-state index contributed by atoms with van der Waals surface area (Å²) in [5.41, 5.74) is 0. The van der Waals surface area contributed by atoms with Crippen LogP contribution >= 0.6 is 0 Å². The van der Waals surface area contributed by atoms with Crippen LogP contribution in [0.4, 0.5) is 5.82 Å². The Morgan fingerprint density at radius 2 is 1.71 bits per heavy atom. The van der Waals surface area contributed by atoms with Gasteiger partial charge in [-0.3, -0.25) is 0 Å². The molecular formula is C17H22N2O2. The maximum atomic E-state index is 5.82. The topological polar surface area (TPSA) is 43.4 Å². The zero-order valence-electron chi connectivity index (χ0n) is 12.6. The number of hydrogen-bond donors (Lipinski definition) is 1. The standard InChI is InChI=1S/C17H22N2O2/c1-3-10-18-17-13-16(9-11-19-17)21-15-7-5-14(6-8-15)20-12-4-2/h5-9,11,13H,3-4,10,12H2,1-2H3,(H,18,19). The third-order valence-electron chi connectivity index (χ3n) is 2.82. The predicted octanol–water partition coefficient (Wildman–Crippen LogP) is 4.48. The number of hydrogen-bond acceptors (Lipinski definition) is 4. The summed E-state index contributed by atoms with van der Waals surface area (Å²) in [6, 6.07) is 11.4. The van der Waals surface area contributed by atoms with Crippen molar-refractivity contribution in [1.82, 2.24) is 4.98 Å². The molecule has 0 atom stereocenters. The molecule has 0 fully saturated rings. The van der Waals surface area contributed by atoms with Crippen LogP contribution in [0, 0.1) is 0 Å². The summed E-state index contributed by atoms with van der Waals surface area (Å²) >= 11 is 0. The van der Waals surface area contributed by atoms with Crippen LogP contribution in [0.15, 0.2) is 42.6 Å². The van der Waals surface area contributed by atoms with Gasteiger partial charge in [0.15, 0.2) is 0 Å². The minimum absolute atomic E-state index is 0.733. The maximum Gasteiger partial charge on any atom is 0.132 e. The van der Waals surface area contributed by atoms with Crippen LogP contribution in [0.5, 0.6) is 17.2 Å². The van der Waals surface area contributed by atoms with E-state index in [0.717, 1.165) is 49.1 Å². The molecule has 0 spiro atoms. The van der Waals surface area contributed by atoms with E-state index in [0.29, 0.717) is 0 Å². The van der Waals surface area contributed by atoms with Crippen LogP contribution < -0.4 is 14.8 Å². The summed E-state index contributed by atoms with van der Waals surface area (Å²) in [6.45, 7) is 5.84. The van der Waals surface area contributed by atoms with Gasteiger partial charge >= 0.3 is 0 Å². The van der Waals surface area contributed by atoms with Gasteiger partial charge in [-0.2, -0.15) is 0 Å². The molecule has 0 saturated heterocycles. The summed E-state index contributed by atoms with van der Waals surface area (Å²) < 4.78 is 11.4. The first-order valence-corrected chi connectivity index (χ1v) is 7.42. The second kappa shape index (κ2) is 8.15. The lowest BCUT2D eigenvalue weighted by Crippen LogP contribution is -2.01. The third kappa shape index (κ3) is 4.99. The van der Waals surface area contributed by atoms with Crippen molar-refractivity contribution in [3.63, 3.8) is 0 Å². The second-order valence-electron chi connectivity index (χ2n) is 4.73. The average Bonchev–Trinajstić information content (AvgIpc) is 2.53. The second-order valence-corrected chi connectivity index (χ2v) is 4.73. The molecule has 2 rings (SSSR count). The van der Waals surface area contributed by atoms with Crippen molar-refractivity contribution in [2.24, 2.45) is 0 Å². The number of nitrogens with one attached hydrogen (secondary N) is 1. The van der Waals surface area contributed by atoms with E-state index in [-0.39, 0.29) is 0 Å². The minimum atomic E-state index is 0.733.